The van der Waals surface area contributed by atoms with Crippen molar-refractivity contribution in [3.63, 3.8) is 0 Å². The predicted molar refractivity (Wildman–Crippen MR) is 452 cm³/mol. The molecule has 0 aromatic heterocycles. The van der Waals surface area contributed by atoms with Crippen LogP contribution in [0.1, 0.15) is 103 Å². The molecule has 4 aliphatic heterocycles. The van der Waals surface area contributed by atoms with E-state index in [0.717, 1.165) is 34.9 Å². The Balaban J connectivity index is 0.881. The molecule has 7 unspecified atom stereocenters. The van der Waals surface area contributed by atoms with Gasteiger partial charge in [-0.2, -0.15) is 0 Å². The standard InChI is InChI=1S/C98H90B2N4OS/c1-97(2,3)70-53-47-68(48-54-70)79-40-28-41-80(69-49-55-71(56-50-69)98(4,5)6)96(79)104-87-64-92-84(63-83(87)100-82-43-24-27-46-90(82)105-91-61-76(59-88(104)94(91)100)101(72-33-16-9-17-34-72)73-35-18-10-19-36-73)99-81-42-23-26-45-86(81)103(74-37-20-11-21-38-74)89-60-77(62-93(106-92)95(89)99)102(75-57-51-66(52-58-75)65-29-12-7-13-30-65)85-44-25-22-39-78(85)67-31-14-8-15-32-67/h7,9-13,16-30,33-35,37-64,67,73,81-82,84,86,90,92H,8,14-15,31-32,36H2,1-6H3. The SMILES string of the molecule is CC(C)(C)c1ccc(-c2cccc(-c3ccc(C(C)(C)C)cc3)c2N2C3=CC4Sc5cc(N(c6ccc(-c7ccccc7)cc6)c6ccccc6C6CCCCC6)cc6c5B(C4C=C3B3c4c(cc(N(c5ccccc5)C5C=CC=CC5)cc42)OC2C=CC=CC32)C2C=CC=CC2N6c2ccccc2)cc1. The molecule has 8 heteroatoms. The summed E-state index contributed by atoms with van der Waals surface area (Å²) in [6.45, 7) is 14.0. The van der Waals surface area contributed by atoms with Gasteiger partial charge in [0.15, 0.2) is 6.71 Å². The van der Waals surface area contributed by atoms with Gasteiger partial charge < -0.3 is 24.3 Å². The Morgan fingerprint density at radius 3 is 1.78 bits per heavy atom. The Hall–Kier alpha value is -10.4. The van der Waals surface area contributed by atoms with Crippen molar-refractivity contribution in [1.29, 1.82) is 0 Å². The van der Waals surface area contributed by atoms with Crippen LogP contribution in [-0.2, 0) is 10.8 Å². The summed E-state index contributed by atoms with van der Waals surface area (Å²) >= 11 is 2.10. The van der Waals surface area contributed by atoms with Crippen LogP contribution >= 0.6 is 11.8 Å². The second-order valence-corrected chi connectivity index (χ2v) is 33.9. The summed E-state index contributed by atoms with van der Waals surface area (Å²) in [7, 11) is 0. The van der Waals surface area contributed by atoms with Crippen LogP contribution in [-0.4, -0.2) is 36.9 Å². The second-order valence-electron chi connectivity index (χ2n) is 32.7. The number of anilines is 9. The maximum atomic E-state index is 7.69. The Morgan fingerprint density at radius 1 is 0.481 bits per heavy atom. The highest BCUT2D eigenvalue weighted by Crippen LogP contribution is 2.60. The van der Waals surface area contributed by atoms with Gasteiger partial charge in [0.25, 0.3) is 0 Å². The van der Waals surface area contributed by atoms with Gasteiger partial charge in [0, 0.05) is 84.4 Å². The molecule has 0 bridgehead atoms. The molecule has 520 valence electrons. The van der Waals surface area contributed by atoms with E-state index in [4.69, 9.17) is 4.74 Å². The maximum Gasteiger partial charge on any atom is 0.230 e. The third kappa shape index (κ3) is 11.6. The molecular formula is C98H90B2N4OS. The molecule has 0 spiro atoms. The fourth-order valence-corrected chi connectivity index (χ4v) is 20.7. The molecule has 0 saturated heterocycles. The van der Waals surface area contributed by atoms with Gasteiger partial charge in [0.1, 0.15) is 11.9 Å². The average Bonchev–Trinajstić information content (AvgIpc) is 0.692. The first-order valence-corrected chi connectivity index (χ1v) is 39.8. The molecule has 7 atom stereocenters. The van der Waals surface area contributed by atoms with E-state index in [1.165, 1.54) is 138 Å². The molecule has 5 aliphatic carbocycles. The molecule has 0 amide bonds. The molecule has 1 saturated carbocycles. The lowest BCUT2D eigenvalue weighted by atomic mass is 9.24. The van der Waals surface area contributed by atoms with Crippen LogP contribution < -0.4 is 35.3 Å². The Morgan fingerprint density at radius 2 is 1.09 bits per heavy atom. The zero-order valence-corrected chi connectivity index (χ0v) is 62.5. The monoisotopic (exact) mass is 1390 g/mol. The number of para-hydroxylation sites is 4. The van der Waals surface area contributed by atoms with Crippen molar-refractivity contribution in [2.24, 2.45) is 0 Å². The number of rotatable bonds is 12. The van der Waals surface area contributed by atoms with Crippen molar-refractivity contribution in [1.82, 2.24) is 0 Å². The lowest BCUT2D eigenvalue weighted by Gasteiger charge is -2.53. The Labute approximate surface area is 632 Å². The van der Waals surface area contributed by atoms with Gasteiger partial charge in [0.05, 0.1) is 17.8 Å². The van der Waals surface area contributed by atoms with E-state index in [-0.39, 0.29) is 65.1 Å². The first-order valence-electron chi connectivity index (χ1n) is 38.9. The Bertz CT molecular complexity index is 5210. The fraction of sp³-hybridized carbons (Fsp3) is 0.224. The van der Waals surface area contributed by atoms with Gasteiger partial charge in [-0.15, -0.1) is 11.8 Å². The minimum absolute atomic E-state index is 0.0252. The smallest absolute Gasteiger partial charge is 0.230 e. The number of hydrogen-bond donors (Lipinski definition) is 0. The molecule has 19 rings (SSSR count). The van der Waals surface area contributed by atoms with Crippen molar-refractivity contribution in [2.75, 3.05) is 19.6 Å². The van der Waals surface area contributed by atoms with Gasteiger partial charge in [0.2, 0.25) is 6.71 Å². The van der Waals surface area contributed by atoms with Crippen molar-refractivity contribution < 1.29 is 4.74 Å². The highest BCUT2D eigenvalue weighted by molar-refractivity contribution is 8.00. The molecule has 5 nitrogen and oxygen atoms in total. The molecule has 1 fully saturated rings. The van der Waals surface area contributed by atoms with Gasteiger partial charge in [-0.1, -0.05) is 303 Å². The van der Waals surface area contributed by atoms with E-state index < -0.39 is 0 Å². The van der Waals surface area contributed by atoms with Crippen LogP contribution in [0.25, 0.3) is 33.4 Å². The van der Waals surface area contributed by atoms with Crippen LogP contribution in [0.3, 0.4) is 0 Å². The fourth-order valence-electron chi connectivity index (χ4n) is 19.2. The first kappa shape index (κ1) is 66.3. The lowest BCUT2D eigenvalue weighted by molar-refractivity contribution is 0.247. The van der Waals surface area contributed by atoms with E-state index in [9.17, 15) is 0 Å². The molecule has 106 heavy (non-hydrogen) atoms. The van der Waals surface area contributed by atoms with Crippen molar-refractivity contribution in [2.45, 2.75) is 143 Å². The second kappa shape index (κ2) is 26.9. The number of allylic oxidation sites excluding steroid dienone is 8. The highest BCUT2D eigenvalue weighted by atomic mass is 32.2. The van der Waals surface area contributed by atoms with Crippen molar-refractivity contribution in [3.05, 3.63) is 343 Å². The minimum atomic E-state index is -0.178. The Kier molecular flexibility index (Phi) is 16.8. The summed E-state index contributed by atoms with van der Waals surface area (Å²) in [6, 6.07) is 88.6. The molecule has 10 aromatic carbocycles. The van der Waals surface area contributed by atoms with Crippen molar-refractivity contribution >= 4 is 87.3 Å². The van der Waals surface area contributed by atoms with Gasteiger partial charge in [-0.3, -0.25) is 0 Å². The third-order valence-electron chi connectivity index (χ3n) is 24.3. The van der Waals surface area contributed by atoms with Crippen LogP contribution in [0.15, 0.2) is 332 Å². The molecule has 4 heterocycles. The van der Waals surface area contributed by atoms with E-state index in [2.05, 4.69) is 388 Å². The number of thioether (sulfide) groups is 1. The molecule has 0 N–H and O–H groups in total. The molecule has 9 aliphatic rings. The van der Waals surface area contributed by atoms with E-state index >= 15 is 0 Å². The van der Waals surface area contributed by atoms with Gasteiger partial charge in [-0.05, 0) is 170 Å². The van der Waals surface area contributed by atoms with E-state index in [1.54, 1.807) is 0 Å². The summed E-state index contributed by atoms with van der Waals surface area (Å²) in [4.78, 5) is 12.0. The quantitative estimate of drug-likeness (QED) is 0.113. The third-order valence-corrected chi connectivity index (χ3v) is 25.7. The number of benzene rings is 10. The molecular weight excluding hydrogens is 1300 g/mol. The van der Waals surface area contributed by atoms with E-state index in [1.807, 2.05) is 0 Å². The number of ether oxygens (including phenoxy) is 1. The highest BCUT2D eigenvalue weighted by Gasteiger charge is 2.56. The van der Waals surface area contributed by atoms with Crippen LogP contribution in [0.5, 0.6) is 5.75 Å². The van der Waals surface area contributed by atoms with Crippen LogP contribution in [0, 0.1) is 0 Å². The normalized spacial score (nSPS) is 21.5. The zero-order valence-electron chi connectivity index (χ0n) is 61.6. The van der Waals surface area contributed by atoms with Crippen LogP contribution in [0.4, 0.5) is 51.2 Å². The molecule has 0 radical (unpaired) electrons. The predicted octanol–water partition coefficient (Wildman–Crippen LogP) is 24.6. The first-order chi connectivity index (χ1) is 51.9. The van der Waals surface area contributed by atoms with Gasteiger partial charge >= 0.3 is 0 Å². The topological polar surface area (TPSA) is 22.2 Å². The zero-order chi connectivity index (χ0) is 71.4. The summed E-state index contributed by atoms with van der Waals surface area (Å²) in [5.41, 5.74) is 27.2. The maximum absolute atomic E-state index is 7.69. The van der Waals surface area contributed by atoms with E-state index in [0.29, 0.717) is 5.92 Å². The largest absolute Gasteiger partial charge is 0.487 e. The van der Waals surface area contributed by atoms with Gasteiger partial charge in [-0.25, -0.2) is 0 Å². The average molecular weight is 1390 g/mol. The number of fused-ring (bicyclic) bond motifs is 8. The lowest BCUT2D eigenvalue weighted by Crippen LogP contribution is -2.59. The summed E-state index contributed by atoms with van der Waals surface area (Å²) in [5, 5.41) is 0.0348. The van der Waals surface area contributed by atoms with Crippen molar-refractivity contribution in [3.8, 4) is 39.1 Å². The summed E-state index contributed by atoms with van der Waals surface area (Å²) < 4.78 is 7.69. The summed E-state index contributed by atoms with van der Waals surface area (Å²) in [5.74, 6) is 1.74. The van der Waals surface area contributed by atoms with Crippen LogP contribution in [0.2, 0.25) is 17.5 Å². The number of nitrogens with zero attached hydrogens (tertiary/aromatic N) is 4. The molecule has 10 aromatic rings. The minimum Gasteiger partial charge on any atom is -0.487 e. The number of hydrogen-bond acceptors (Lipinski definition) is 6. The summed E-state index contributed by atoms with van der Waals surface area (Å²) in [6.07, 6.45) is 40.7.